The molecule has 3 aromatic rings. The Kier molecular flexibility index (Phi) is 7.00. The number of aliphatic hydroxyl groups excluding tert-OH is 1. The van der Waals surface area contributed by atoms with Crippen LogP contribution in [0.4, 0.5) is 9.52 Å². The molecule has 0 unspecified atom stereocenters. The number of aliphatic hydroxyl groups is 1. The highest BCUT2D eigenvalue weighted by Gasteiger charge is 2.54. The van der Waals surface area contributed by atoms with Gasteiger partial charge in [0.15, 0.2) is 29.8 Å². The van der Waals surface area contributed by atoms with E-state index in [1.54, 1.807) is 23.0 Å². The Hall–Kier alpha value is -4.02. The second-order valence-corrected chi connectivity index (χ2v) is 10.2. The van der Waals surface area contributed by atoms with Crippen molar-refractivity contribution in [2.24, 2.45) is 5.16 Å². The minimum atomic E-state index is -1.28. The normalized spacial score (nSPS) is 19.4. The quantitative estimate of drug-likeness (QED) is 0.120. The number of carbonyl (C=O) groups is 3. The molecule has 0 bridgehead atoms. The largest absolute Gasteiger partial charge is 0.477 e. The molecule has 0 radical (unpaired) electrons. The number of carbonyl (C=O) groups excluding carboxylic acids is 2. The molecule has 0 spiro atoms. The van der Waals surface area contributed by atoms with Gasteiger partial charge in [0.05, 0.1) is 12.8 Å². The number of rotatable bonds is 9. The van der Waals surface area contributed by atoms with Gasteiger partial charge in [0.1, 0.15) is 28.3 Å². The third kappa shape index (κ3) is 4.57. The fourth-order valence-corrected chi connectivity index (χ4v) is 6.20. The lowest BCUT2D eigenvalue weighted by atomic mass is 10.0. The number of fused-ring (bicyclic) bond motifs is 2. The summed E-state index contributed by atoms with van der Waals surface area (Å²) in [4.78, 5) is 47.6. The van der Waals surface area contributed by atoms with E-state index in [2.05, 4.69) is 20.3 Å². The summed E-state index contributed by atoms with van der Waals surface area (Å²) in [7, 11) is 0. The molecule has 3 aromatic heterocycles. The third-order valence-corrected chi connectivity index (χ3v) is 8.01. The Bertz CT molecular complexity index is 1500. The van der Waals surface area contributed by atoms with Crippen LogP contribution in [0.5, 0.6) is 0 Å². The zero-order chi connectivity index (χ0) is 27.0. The van der Waals surface area contributed by atoms with Crippen LogP contribution in [0.2, 0.25) is 0 Å². The molecule has 5 rings (SSSR count). The monoisotopic (exact) mass is 562 g/mol. The number of halogens is 1. The second kappa shape index (κ2) is 10.4. The molecule has 1 fully saturated rings. The molecule has 2 atom stereocenters. The molecule has 13 nitrogen and oxygen atoms in total. The van der Waals surface area contributed by atoms with Gasteiger partial charge in [-0.2, -0.15) is 4.57 Å². The Labute approximate surface area is 222 Å². The lowest BCUT2D eigenvalue weighted by Crippen LogP contribution is -2.71. The van der Waals surface area contributed by atoms with Crippen molar-refractivity contribution < 1.29 is 38.4 Å². The molecular weight excluding hydrogens is 541 g/mol. The van der Waals surface area contributed by atoms with Crippen molar-refractivity contribution in [3.8, 4) is 0 Å². The van der Waals surface area contributed by atoms with Crippen LogP contribution in [0, 0.1) is 0 Å². The average Bonchev–Trinajstić information content (AvgIpc) is 3.52. The maximum Gasteiger partial charge on any atom is 0.352 e. The van der Waals surface area contributed by atoms with Gasteiger partial charge >= 0.3 is 5.97 Å². The highest BCUT2D eigenvalue weighted by atomic mass is 32.2. The van der Waals surface area contributed by atoms with Crippen molar-refractivity contribution in [1.29, 1.82) is 0 Å². The number of thiazole rings is 1. The van der Waals surface area contributed by atoms with E-state index in [4.69, 9.17) is 5.73 Å². The first-order valence-corrected chi connectivity index (χ1v) is 13.0. The molecule has 5 heterocycles. The van der Waals surface area contributed by atoms with E-state index in [-0.39, 0.29) is 35.4 Å². The van der Waals surface area contributed by atoms with E-state index in [1.807, 2.05) is 16.7 Å². The van der Waals surface area contributed by atoms with Gasteiger partial charge in [-0.05, 0) is 12.1 Å². The van der Waals surface area contributed by atoms with Gasteiger partial charge in [-0.15, -0.1) is 23.1 Å². The number of alkyl halides is 1. The van der Waals surface area contributed by atoms with E-state index >= 15 is 0 Å². The number of nitrogen functional groups attached to an aromatic ring is 1. The molecule has 1 saturated heterocycles. The summed E-state index contributed by atoms with van der Waals surface area (Å²) in [5, 5.41) is 26.3. The van der Waals surface area contributed by atoms with E-state index in [0.29, 0.717) is 11.3 Å². The van der Waals surface area contributed by atoms with Crippen molar-refractivity contribution >= 4 is 57.2 Å². The van der Waals surface area contributed by atoms with Gasteiger partial charge in [-0.3, -0.25) is 14.5 Å². The van der Waals surface area contributed by atoms with Crippen LogP contribution in [0.1, 0.15) is 11.4 Å². The standard InChI is InChI=1S/C22H20FN7O6S2/c23-10-36-27-15(14-9-38-22(24)25-14)18(32)26-16-19(33)30-17(21(34)35)11(8-37-20(16)30)5-28-3-4-29-12(6-28)1-2-13(29)7-31/h1-4,6,9,16,20,31H,5,7-8,10H2,(H3-,24,25,26,32,34,35)/p+1/t16-,20+/m1/s1. The molecule has 198 valence electrons. The topological polar surface area (TPSA) is 176 Å². The Morgan fingerprint density at radius 3 is 2.89 bits per heavy atom. The van der Waals surface area contributed by atoms with Gasteiger partial charge in [0, 0.05) is 22.4 Å². The smallest absolute Gasteiger partial charge is 0.352 e. The van der Waals surface area contributed by atoms with Crippen LogP contribution in [-0.4, -0.2) is 72.0 Å². The van der Waals surface area contributed by atoms with Crippen molar-refractivity contribution in [3.05, 3.63) is 58.8 Å². The van der Waals surface area contributed by atoms with Gasteiger partial charge in [-0.1, -0.05) is 5.16 Å². The van der Waals surface area contributed by atoms with E-state index in [9.17, 15) is 29.0 Å². The number of carboxylic acid groups (broad SMARTS) is 1. The van der Waals surface area contributed by atoms with E-state index in [0.717, 1.165) is 27.4 Å². The second-order valence-electron chi connectivity index (χ2n) is 8.24. The fourth-order valence-electron chi connectivity index (χ4n) is 4.31. The number of anilines is 1. The highest BCUT2D eigenvalue weighted by Crippen LogP contribution is 2.40. The van der Waals surface area contributed by atoms with Crippen LogP contribution < -0.4 is 15.6 Å². The van der Waals surface area contributed by atoms with Crippen molar-refractivity contribution in [2.75, 3.05) is 18.3 Å². The predicted octanol–water partition coefficient (Wildman–Crippen LogP) is -0.156. The maximum absolute atomic E-state index is 13.0. The molecule has 2 aliphatic heterocycles. The average molecular weight is 563 g/mol. The number of amides is 2. The van der Waals surface area contributed by atoms with Crippen LogP contribution in [0.15, 0.2) is 52.5 Å². The first-order chi connectivity index (χ1) is 18.3. The van der Waals surface area contributed by atoms with E-state index < -0.39 is 36.1 Å². The lowest BCUT2D eigenvalue weighted by molar-refractivity contribution is -0.688. The summed E-state index contributed by atoms with van der Waals surface area (Å²) < 4.78 is 16.1. The number of thioether (sulfide) groups is 1. The molecule has 2 amide bonds. The predicted molar refractivity (Wildman–Crippen MR) is 133 cm³/mol. The Morgan fingerprint density at radius 1 is 1.39 bits per heavy atom. The van der Waals surface area contributed by atoms with Gasteiger partial charge < -0.3 is 30.5 Å². The van der Waals surface area contributed by atoms with E-state index in [1.165, 1.54) is 17.1 Å². The summed E-state index contributed by atoms with van der Waals surface area (Å²) in [5.41, 5.74) is 7.22. The van der Waals surface area contributed by atoms with Crippen LogP contribution >= 0.6 is 23.1 Å². The molecule has 5 N–H and O–H groups in total. The van der Waals surface area contributed by atoms with Crippen molar-refractivity contribution in [3.63, 3.8) is 0 Å². The number of oxime groups is 1. The van der Waals surface area contributed by atoms with Crippen molar-refractivity contribution in [2.45, 2.75) is 24.6 Å². The number of nitrogens with two attached hydrogens (primary N) is 1. The highest BCUT2D eigenvalue weighted by molar-refractivity contribution is 8.00. The Morgan fingerprint density at radius 2 is 2.21 bits per heavy atom. The summed E-state index contributed by atoms with van der Waals surface area (Å²) in [6.07, 6.45) is 5.33. The van der Waals surface area contributed by atoms with Gasteiger partial charge in [0.25, 0.3) is 18.7 Å². The molecule has 0 aromatic carbocycles. The Balaban J connectivity index is 1.35. The first kappa shape index (κ1) is 25.6. The summed E-state index contributed by atoms with van der Waals surface area (Å²) in [5.74, 6) is -2.40. The lowest BCUT2D eigenvalue weighted by Gasteiger charge is -2.49. The zero-order valence-electron chi connectivity index (χ0n) is 19.5. The number of hydrogen-bond donors (Lipinski definition) is 4. The minimum Gasteiger partial charge on any atom is -0.477 e. The van der Waals surface area contributed by atoms with Crippen LogP contribution in [0.3, 0.4) is 0 Å². The number of hydrogen-bond acceptors (Lipinski definition) is 10. The number of β-lactam (4-membered cyclic amide) rings is 1. The summed E-state index contributed by atoms with van der Waals surface area (Å²) in [6, 6.07) is 2.60. The van der Waals surface area contributed by atoms with Crippen LogP contribution in [-0.2, 0) is 32.4 Å². The fraction of sp³-hybridized carbons (Fsp3) is 0.273. The number of carboxylic acids is 1. The van der Waals surface area contributed by atoms with Gasteiger partial charge in [0.2, 0.25) is 0 Å². The number of nitrogens with zero attached hydrogens (tertiary/aromatic N) is 5. The number of aliphatic carboxylic acids is 1. The first-order valence-electron chi connectivity index (χ1n) is 11.1. The zero-order valence-corrected chi connectivity index (χ0v) is 21.1. The maximum atomic E-state index is 13.0. The van der Waals surface area contributed by atoms with Gasteiger partial charge in [-0.25, -0.2) is 14.2 Å². The minimum absolute atomic E-state index is 0.0508. The third-order valence-electron chi connectivity index (χ3n) is 6.00. The molecule has 16 heteroatoms. The summed E-state index contributed by atoms with van der Waals surface area (Å²) in [6.45, 7) is -1.17. The SMILES string of the molecule is Nc1nc(C(=NOCF)C(=O)N[C@@H]2C(=O)N3C(C(=O)O)=C(C[n+]4ccn5c(CO)ccc5c4)CS[C@@H]23)cs1. The molecule has 2 aliphatic rings. The molecular formula is C22H21FN7O6S2+. The number of nitrogens with one attached hydrogen (secondary N) is 1. The molecule has 38 heavy (non-hydrogen) atoms. The summed E-state index contributed by atoms with van der Waals surface area (Å²) >= 11 is 2.35. The number of aromatic nitrogens is 3. The van der Waals surface area contributed by atoms with Crippen LogP contribution in [0.25, 0.3) is 5.52 Å². The molecule has 0 saturated carbocycles. The van der Waals surface area contributed by atoms with Crippen molar-refractivity contribution in [1.82, 2.24) is 19.6 Å². The molecule has 0 aliphatic carbocycles.